The molecule has 1 aliphatic carbocycles. The molecule has 1 aliphatic rings. The SMILES string of the molecule is Cc1cccc([C@H]2CCC[C@H]2O)c1. The van der Waals surface area contributed by atoms with Gasteiger partial charge in [0.1, 0.15) is 0 Å². The van der Waals surface area contributed by atoms with Gasteiger partial charge in [-0.25, -0.2) is 0 Å². The Morgan fingerprint density at radius 3 is 2.77 bits per heavy atom. The van der Waals surface area contributed by atoms with E-state index < -0.39 is 0 Å². The van der Waals surface area contributed by atoms with Crippen molar-refractivity contribution in [3.8, 4) is 0 Å². The second-order valence-electron chi connectivity index (χ2n) is 4.02. The Bertz CT molecular complexity index is 293. The average Bonchev–Trinajstić information content (AvgIpc) is 2.51. The molecule has 70 valence electrons. The zero-order valence-electron chi connectivity index (χ0n) is 8.03. The first-order valence-electron chi connectivity index (χ1n) is 5.02. The first-order valence-corrected chi connectivity index (χ1v) is 5.02. The summed E-state index contributed by atoms with van der Waals surface area (Å²) in [4.78, 5) is 0. The molecule has 1 aromatic carbocycles. The Balaban J connectivity index is 2.24. The number of aliphatic hydroxyl groups is 1. The van der Waals surface area contributed by atoms with Gasteiger partial charge in [0.2, 0.25) is 0 Å². The molecule has 0 unspecified atom stereocenters. The fraction of sp³-hybridized carbons (Fsp3) is 0.500. The van der Waals surface area contributed by atoms with E-state index in [1.165, 1.54) is 17.5 Å². The van der Waals surface area contributed by atoms with Gasteiger partial charge in [-0.05, 0) is 25.3 Å². The second kappa shape index (κ2) is 3.51. The highest BCUT2D eigenvalue weighted by Gasteiger charge is 2.26. The molecule has 0 spiro atoms. The van der Waals surface area contributed by atoms with Crippen LogP contribution in [0.2, 0.25) is 0 Å². The van der Waals surface area contributed by atoms with E-state index in [1.54, 1.807) is 0 Å². The van der Waals surface area contributed by atoms with Gasteiger partial charge in [-0.15, -0.1) is 0 Å². The topological polar surface area (TPSA) is 20.2 Å². The molecule has 2 rings (SSSR count). The highest BCUT2D eigenvalue weighted by Crippen LogP contribution is 2.34. The lowest BCUT2D eigenvalue weighted by Crippen LogP contribution is -2.10. The molecule has 1 fully saturated rings. The van der Waals surface area contributed by atoms with Gasteiger partial charge >= 0.3 is 0 Å². The molecule has 0 radical (unpaired) electrons. The van der Waals surface area contributed by atoms with Gasteiger partial charge in [0.25, 0.3) is 0 Å². The summed E-state index contributed by atoms with van der Waals surface area (Å²) in [5.74, 6) is 0.389. The van der Waals surface area contributed by atoms with Crippen molar-refractivity contribution in [2.45, 2.75) is 38.2 Å². The number of aryl methyl sites for hydroxylation is 1. The summed E-state index contributed by atoms with van der Waals surface area (Å²) in [6.07, 6.45) is 3.17. The van der Waals surface area contributed by atoms with E-state index in [4.69, 9.17) is 0 Å². The third-order valence-electron chi connectivity index (χ3n) is 2.95. The molecule has 1 nitrogen and oxygen atoms in total. The number of benzene rings is 1. The van der Waals surface area contributed by atoms with Crippen molar-refractivity contribution in [3.05, 3.63) is 35.4 Å². The van der Waals surface area contributed by atoms with E-state index in [2.05, 4.69) is 31.2 Å². The Labute approximate surface area is 79.4 Å². The van der Waals surface area contributed by atoms with Gasteiger partial charge in [0.15, 0.2) is 0 Å². The van der Waals surface area contributed by atoms with Crippen molar-refractivity contribution >= 4 is 0 Å². The van der Waals surface area contributed by atoms with Crippen LogP contribution in [0.25, 0.3) is 0 Å². The third kappa shape index (κ3) is 1.75. The van der Waals surface area contributed by atoms with Crippen LogP contribution in [0, 0.1) is 6.92 Å². The van der Waals surface area contributed by atoms with Gasteiger partial charge in [-0.3, -0.25) is 0 Å². The number of aliphatic hydroxyl groups excluding tert-OH is 1. The van der Waals surface area contributed by atoms with Crippen molar-refractivity contribution in [3.63, 3.8) is 0 Å². The van der Waals surface area contributed by atoms with Crippen LogP contribution in [-0.4, -0.2) is 11.2 Å². The lowest BCUT2D eigenvalue weighted by Gasteiger charge is -2.14. The van der Waals surface area contributed by atoms with Crippen molar-refractivity contribution in [2.75, 3.05) is 0 Å². The summed E-state index contributed by atoms with van der Waals surface area (Å²) in [5.41, 5.74) is 2.60. The van der Waals surface area contributed by atoms with Gasteiger partial charge in [-0.1, -0.05) is 36.2 Å². The average molecular weight is 176 g/mol. The molecule has 1 heteroatoms. The molecule has 1 saturated carbocycles. The first kappa shape index (κ1) is 8.76. The van der Waals surface area contributed by atoms with E-state index in [0.29, 0.717) is 5.92 Å². The molecule has 0 amide bonds. The van der Waals surface area contributed by atoms with Crippen LogP contribution in [-0.2, 0) is 0 Å². The molecule has 0 saturated heterocycles. The Kier molecular flexibility index (Phi) is 2.36. The van der Waals surface area contributed by atoms with Gasteiger partial charge in [0, 0.05) is 5.92 Å². The maximum absolute atomic E-state index is 9.73. The standard InChI is InChI=1S/C12H16O/c1-9-4-2-5-10(8-9)11-6-3-7-12(11)13/h2,4-5,8,11-13H,3,6-7H2,1H3/t11-,12-/m1/s1. The van der Waals surface area contributed by atoms with Crippen molar-refractivity contribution in [1.82, 2.24) is 0 Å². The van der Waals surface area contributed by atoms with Crippen molar-refractivity contribution < 1.29 is 5.11 Å². The van der Waals surface area contributed by atoms with Crippen LogP contribution in [0.15, 0.2) is 24.3 Å². The second-order valence-corrected chi connectivity index (χ2v) is 4.02. The fourth-order valence-corrected chi connectivity index (χ4v) is 2.23. The minimum atomic E-state index is -0.109. The minimum Gasteiger partial charge on any atom is -0.392 e. The summed E-state index contributed by atoms with van der Waals surface area (Å²) in [6.45, 7) is 2.10. The predicted molar refractivity (Wildman–Crippen MR) is 53.8 cm³/mol. The van der Waals surface area contributed by atoms with Crippen LogP contribution < -0.4 is 0 Å². The Morgan fingerprint density at radius 2 is 2.15 bits per heavy atom. The number of hydrogen-bond acceptors (Lipinski definition) is 1. The molecule has 0 heterocycles. The van der Waals surface area contributed by atoms with Crippen molar-refractivity contribution in [1.29, 1.82) is 0 Å². The van der Waals surface area contributed by atoms with E-state index in [0.717, 1.165) is 12.8 Å². The lowest BCUT2D eigenvalue weighted by molar-refractivity contribution is 0.164. The third-order valence-corrected chi connectivity index (χ3v) is 2.95. The lowest BCUT2D eigenvalue weighted by atomic mass is 9.95. The van der Waals surface area contributed by atoms with E-state index in [9.17, 15) is 5.11 Å². The predicted octanol–water partition coefficient (Wildman–Crippen LogP) is 2.62. The van der Waals surface area contributed by atoms with Crippen molar-refractivity contribution in [2.24, 2.45) is 0 Å². The van der Waals surface area contributed by atoms with E-state index in [1.807, 2.05) is 0 Å². The Morgan fingerprint density at radius 1 is 1.31 bits per heavy atom. The molecule has 0 bridgehead atoms. The first-order chi connectivity index (χ1) is 6.27. The molecule has 13 heavy (non-hydrogen) atoms. The summed E-state index contributed by atoms with van der Waals surface area (Å²) in [6, 6.07) is 8.51. The van der Waals surface area contributed by atoms with Gasteiger partial charge in [-0.2, -0.15) is 0 Å². The van der Waals surface area contributed by atoms with E-state index >= 15 is 0 Å². The summed E-state index contributed by atoms with van der Waals surface area (Å²) >= 11 is 0. The smallest absolute Gasteiger partial charge is 0.0608 e. The molecule has 1 N–H and O–H groups in total. The normalized spacial score (nSPS) is 27.8. The number of hydrogen-bond donors (Lipinski definition) is 1. The molecule has 1 aromatic rings. The van der Waals surface area contributed by atoms with Crippen LogP contribution in [0.4, 0.5) is 0 Å². The molecule has 0 aliphatic heterocycles. The quantitative estimate of drug-likeness (QED) is 0.697. The highest BCUT2D eigenvalue weighted by atomic mass is 16.3. The molecule has 0 aromatic heterocycles. The molecular formula is C12H16O. The molecule has 2 atom stereocenters. The highest BCUT2D eigenvalue weighted by molar-refractivity contribution is 5.27. The summed E-state index contributed by atoms with van der Waals surface area (Å²) < 4.78 is 0. The monoisotopic (exact) mass is 176 g/mol. The number of rotatable bonds is 1. The summed E-state index contributed by atoms with van der Waals surface area (Å²) in [5, 5.41) is 9.73. The van der Waals surface area contributed by atoms with Crippen LogP contribution in [0.5, 0.6) is 0 Å². The van der Waals surface area contributed by atoms with Gasteiger partial charge in [0.05, 0.1) is 6.10 Å². The summed E-state index contributed by atoms with van der Waals surface area (Å²) in [7, 11) is 0. The van der Waals surface area contributed by atoms with Gasteiger partial charge < -0.3 is 5.11 Å². The van der Waals surface area contributed by atoms with Crippen LogP contribution >= 0.6 is 0 Å². The zero-order chi connectivity index (χ0) is 9.26. The van der Waals surface area contributed by atoms with Crippen LogP contribution in [0.1, 0.15) is 36.3 Å². The maximum atomic E-state index is 9.73. The fourth-order valence-electron chi connectivity index (χ4n) is 2.23. The minimum absolute atomic E-state index is 0.109. The van der Waals surface area contributed by atoms with Crippen LogP contribution in [0.3, 0.4) is 0 Å². The van der Waals surface area contributed by atoms with E-state index in [-0.39, 0.29) is 6.10 Å². The zero-order valence-corrected chi connectivity index (χ0v) is 8.03. The maximum Gasteiger partial charge on any atom is 0.0608 e. The largest absolute Gasteiger partial charge is 0.392 e. The molecular weight excluding hydrogens is 160 g/mol. The Hall–Kier alpha value is -0.820.